The lowest BCUT2D eigenvalue weighted by atomic mass is 10.2. The number of ether oxygens (including phenoxy) is 1. The number of piperazine rings is 1. The Morgan fingerprint density at radius 2 is 2.11 bits per heavy atom. The normalized spacial score (nSPS) is 15.0. The topological polar surface area (TPSA) is 57.7 Å². The maximum atomic E-state index is 12.5. The summed E-state index contributed by atoms with van der Waals surface area (Å²) >= 11 is 7.71. The number of carbonyl (C=O) groups is 1. The summed E-state index contributed by atoms with van der Waals surface area (Å²) < 4.78 is 5.31. The van der Waals surface area contributed by atoms with E-state index in [9.17, 15) is 4.79 Å². The smallest absolute Gasteiger partial charge is 0.224 e. The van der Waals surface area contributed by atoms with Crippen LogP contribution in [0.3, 0.4) is 0 Å². The molecule has 8 heteroatoms. The highest BCUT2D eigenvalue weighted by Crippen LogP contribution is 2.27. The number of benzene rings is 1. The van der Waals surface area contributed by atoms with E-state index >= 15 is 0 Å². The lowest BCUT2D eigenvalue weighted by molar-refractivity contribution is -0.132. The number of hydrogen-bond donors (Lipinski definition) is 1. The van der Waals surface area contributed by atoms with Gasteiger partial charge in [0.05, 0.1) is 23.5 Å². The van der Waals surface area contributed by atoms with Crippen LogP contribution in [0.2, 0.25) is 5.02 Å². The number of aryl methyl sites for hydroxylation is 1. The largest absolute Gasteiger partial charge is 0.495 e. The summed E-state index contributed by atoms with van der Waals surface area (Å²) in [5.41, 5.74) is 1.93. The van der Waals surface area contributed by atoms with Gasteiger partial charge >= 0.3 is 0 Å². The van der Waals surface area contributed by atoms with E-state index < -0.39 is 0 Å². The first-order valence-electron chi connectivity index (χ1n) is 9.03. The van der Waals surface area contributed by atoms with E-state index in [1.54, 1.807) is 24.5 Å². The summed E-state index contributed by atoms with van der Waals surface area (Å²) in [6.07, 6.45) is 0.445. The number of halogens is 1. The minimum absolute atomic E-state index is 0.174. The number of hydrogen-bond acceptors (Lipinski definition) is 6. The zero-order valence-electron chi connectivity index (χ0n) is 15.7. The maximum Gasteiger partial charge on any atom is 0.224 e. The molecule has 0 atom stereocenters. The number of amides is 1. The van der Waals surface area contributed by atoms with Gasteiger partial charge in [-0.3, -0.25) is 9.69 Å². The third-order valence-corrected chi connectivity index (χ3v) is 5.65. The highest BCUT2D eigenvalue weighted by Gasteiger charge is 2.21. The van der Waals surface area contributed by atoms with Gasteiger partial charge in [-0.2, -0.15) is 0 Å². The molecule has 0 unspecified atom stereocenters. The predicted molar refractivity (Wildman–Crippen MR) is 110 cm³/mol. The fraction of sp³-hybridized carbons (Fsp3) is 0.474. The molecule has 0 aliphatic carbocycles. The molecular formula is C19H25ClN4O2S. The van der Waals surface area contributed by atoms with Gasteiger partial charge in [0.2, 0.25) is 5.91 Å². The maximum absolute atomic E-state index is 12.5. The van der Waals surface area contributed by atoms with Crippen molar-refractivity contribution in [1.29, 1.82) is 0 Å². The second kappa shape index (κ2) is 9.39. The minimum atomic E-state index is 0.174. The van der Waals surface area contributed by atoms with Crippen LogP contribution in [0, 0.1) is 6.92 Å². The van der Waals surface area contributed by atoms with Crippen LogP contribution in [0.5, 0.6) is 5.75 Å². The van der Waals surface area contributed by atoms with E-state index in [4.69, 9.17) is 16.3 Å². The van der Waals surface area contributed by atoms with Gasteiger partial charge in [0.1, 0.15) is 5.75 Å². The number of nitrogens with one attached hydrogen (secondary N) is 1. The van der Waals surface area contributed by atoms with Crippen molar-refractivity contribution in [3.8, 4) is 5.75 Å². The van der Waals surface area contributed by atoms with Gasteiger partial charge in [-0.15, -0.1) is 11.3 Å². The summed E-state index contributed by atoms with van der Waals surface area (Å²) in [6, 6.07) is 5.41. The van der Waals surface area contributed by atoms with Gasteiger partial charge in [-0.05, 0) is 25.1 Å². The van der Waals surface area contributed by atoms with Crippen molar-refractivity contribution < 1.29 is 9.53 Å². The standard InChI is InChI=1S/C19H25ClN4O2S/c1-14-22-16(13-27-14)12-23-7-9-24(10-8-23)19(25)5-6-21-17-11-15(20)3-4-18(17)26-2/h3-4,11,13,21H,5-10,12H2,1-2H3. The van der Waals surface area contributed by atoms with E-state index in [1.165, 1.54) is 0 Å². The first-order valence-corrected chi connectivity index (χ1v) is 10.3. The van der Waals surface area contributed by atoms with E-state index in [0.29, 0.717) is 18.0 Å². The quantitative estimate of drug-likeness (QED) is 0.762. The lowest BCUT2D eigenvalue weighted by Crippen LogP contribution is -2.48. The van der Waals surface area contributed by atoms with Crippen molar-refractivity contribution >= 4 is 34.5 Å². The van der Waals surface area contributed by atoms with Crippen molar-refractivity contribution in [1.82, 2.24) is 14.8 Å². The number of aromatic nitrogens is 1. The number of nitrogens with zero attached hydrogens (tertiary/aromatic N) is 3. The first-order chi connectivity index (χ1) is 13.0. The molecule has 1 N–H and O–H groups in total. The Bertz CT molecular complexity index is 775. The molecule has 2 heterocycles. The summed E-state index contributed by atoms with van der Waals surface area (Å²) in [6.45, 7) is 6.74. The zero-order chi connectivity index (χ0) is 19.2. The van der Waals surface area contributed by atoms with Gasteiger partial charge in [-0.25, -0.2) is 4.98 Å². The van der Waals surface area contributed by atoms with Crippen molar-refractivity contribution in [3.63, 3.8) is 0 Å². The van der Waals surface area contributed by atoms with Crippen molar-refractivity contribution in [2.45, 2.75) is 19.9 Å². The Labute approximate surface area is 169 Å². The summed E-state index contributed by atoms with van der Waals surface area (Å²) in [4.78, 5) is 21.3. The molecule has 1 saturated heterocycles. The average molecular weight is 409 g/mol. The Kier molecular flexibility index (Phi) is 6.93. The van der Waals surface area contributed by atoms with Crippen LogP contribution in [0.1, 0.15) is 17.1 Å². The molecule has 0 spiro atoms. The van der Waals surface area contributed by atoms with E-state index in [-0.39, 0.29) is 5.91 Å². The molecular weight excluding hydrogens is 384 g/mol. The van der Waals surface area contributed by atoms with Gasteiger partial charge in [0.15, 0.2) is 0 Å². The second-order valence-corrected chi connectivity index (χ2v) is 8.03. The summed E-state index contributed by atoms with van der Waals surface area (Å²) in [7, 11) is 1.62. The number of rotatable bonds is 7. The SMILES string of the molecule is COc1ccc(Cl)cc1NCCC(=O)N1CCN(Cc2csc(C)n2)CC1. The van der Waals surface area contributed by atoms with Crippen LogP contribution in [0.15, 0.2) is 23.6 Å². The van der Waals surface area contributed by atoms with Crippen molar-refractivity contribution in [3.05, 3.63) is 39.3 Å². The molecule has 1 aromatic carbocycles. The molecule has 6 nitrogen and oxygen atoms in total. The first kappa shape index (κ1) is 19.9. The zero-order valence-corrected chi connectivity index (χ0v) is 17.3. The van der Waals surface area contributed by atoms with Crippen LogP contribution < -0.4 is 10.1 Å². The Hall–Kier alpha value is -1.83. The van der Waals surface area contributed by atoms with E-state index in [2.05, 4.69) is 20.6 Å². The van der Waals surface area contributed by atoms with Gasteiger partial charge in [0.25, 0.3) is 0 Å². The highest BCUT2D eigenvalue weighted by molar-refractivity contribution is 7.09. The molecule has 1 aromatic heterocycles. The molecule has 0 bridgehead atoms. The lowest BCUT2D eigenvalue weighted by Gasteiger charge is -2.34. The monoisotopic (exact) mass is 408 g/mol. The minimum Gasteiger partial charge on any atom is -0.495 e. The van der Waals surface area contributed by atoms with E-state index in [1.807, 2.05) is 24.0 Å². The third kappa shape index (κ3) is 5.57. The average Bonchev–Trinajstić information content (AvgIpc) is 3.07. The van der Waals surface area contributed by atoms with Crippen LogP contribution in [-0.4, -0.2) is 60.5 Å². The molecule has 0 saturated carbocycles. The summed E-state index contributed by atoms with van der Waals surface area (Å²) in [5, 5.41) is 7.09. The molecule has 146 valence electrons. The van der Waals surface area contributed by atoms with Gasteiger partial charge in [-0.1, -0.05) is 11.6 Å². The van der Waals surface area contributed by atoms with Gasteiger partial charge in [0, 0.05) is 56.1 Å². The van der Waals surface area contributed by atoms with Crippen LogP contribution >= 0.6 is 22.9 Å². The predicted octanol–water partition coefficient (Wildman–Crippen LogP) is 3.26. The van der Waals surface area contributed by atoms with Crippen LogP contribution in [0.25, 0.3) is 0 Å². The van der Waals surface area contributed by atoms with Gasteiger partial charge < -0.3 is 15.0 Å². The third-order valence-electron chi connectivity index (χ3n) is 4.59. The molecule has 2 aromatic rings. The Balaban J connectivity index is 1.41. The van der Waals surface area contributed by atoms with Crippen molar-refractivity contribution in [2.24, 2.45) is 0 Å². The highest BCUT2D eigenvalue weighted by atomic mass is 35.5. The Morgan fingerprint density at radius 3 is 2.78 bits per heavy atom. The number of carbonyl (C=O) groups excluding carboxylic acids is 1. The van der Waals surface area contributed by atoms with Crippen LogP contribution in [0.4, 0.5) is 5.69 Å². The number of anilines is 1. The Morgan fingerprint density at radius 1 is 1.33 bits per heavy atom. The van der Waals surface area contributed by atoms with E-state index in [0.717, 1.165) is 54.9 Å². The van der Waals surface area contributed by atoms with Crippen molar-refractivity contribution in [2.75, 3.05) is 45.2 Å². The second-order valence-electron chi connectivity index (χ2n) is 6.54. The fourth-order valence-corrected chi connectivity index (χ4v) is 3.92. The van der Waals surface area contributed by atoms with Crippen LogP contribution in [-0.2, 0) is 11.3 Å². The molecule has 1 fully saturated rings. The molecule has 1 amide bonds. The number of methoxy groups -OCH3 is 1. The molecule has 3 rings (SSSR count). The fourth-order valence-electron chi connectivity index (χ4n) is 3.15. The molecule has 1 aliphatic heterocycles. The number of thiazole rings is 1. The summed E-state index contributed by atoms with van der Waals surface area (Å²) in [5.74, 6) is 0.894. The molecule has 27 heavy (non-hydrogen) atoms. The molecule has 0 radical (unpaired) electrons. The molecule has 1 aliphatic rings.